The molecule has 2 atom stereocenters. The summed E-state index contributed by atoms with van der Waals surface area (Å²) in [4.78, 5) is 30.8. The Labute approximate surface area is 175 Å². The summed E-state index contributed by atoms with van der Waals surface area (Å²) in [6, 6.07) is 11.8. The van der Waals surface area contributed by atoms with E-state index in [4.69, 9.17) is 16.0 Å². The molecule has 1 fully saturated rings. The van der Waals surface area contributed by atoms with E-state index >= 15 is 0 Å². The number of nitrogens with one attached hydrogen (secondary N) is 4. The van der Waals surface area contributed by atoms with Gasteiger partial charge in [-0.15, -0.1) is 11.8 Å². The molecule has 1 aliphatic rings. The fourth-order valence-corrected chi connectivity index (χ4v) is 3.97. The first kappa shape index (κ1) is 19.6. The number of guanidine groups is 1. The van der Waals surface area contributed by atoms with Gasteiger partial charge in [0.25, 0.3) is 5.91 Å². The first-order valence-electron chi connectivity index (χ1n) is 8.89. The van der Waals surface area contributed by atoms with Gasteiger partial charge in [0, 0.05) is 28.2 Å². The lowest BCUT2D eigenvalue weighted by molar-refractivity contribution is -0.119. The number of hydrogen-bond acceptors (Lipinski definition) is 5. The minimum Gasteiger partial charge on any atom is -0.408 e. The molecule has 2 aromatic carbocycles. The van der Waals surface area contributed by atoms with Crippen LogP contribution >= 0.6 is 23.4 Å². The second-order valence-corrected chi connectivity index (χ2v) is 8.29. The molecule has 2 heterocycles. The number of aromatic amines is 1. The van der Waals surface area contributed by atoms with Crippen LogP contribution in [0.25, 0.3) is 11.1 Å². The van der Waals surface area contributed by atoms with Gasteiger partial charge in [0.2, 0.25) is 5.96 Å². The molecule has 1 aromatic heterocycles. The number of anilines is 2. The van der Waals surface area contributed by atoms with Crippen LogP contribution in [0.4, 0.5) is 11.4 Å². The van der Waals surface area contributed by atoms with Crippen LogP contribution in [0.5, 0.6) is 0 Å². The highest BCUT2D eigenvalue weighted by Crippen LogP contribution is 2.20. The molecular formula is C19H18ClN5O3S. The minimum absolute atomic E-state index is 0.207. The van der Waals surface area contributed by atoms with Crippen molar-refractivity contribution in [3.05, 3.63) is 58.0 Å². The Bertz CT molecular complexity index is 1120. The van der Waals surface area contributed by atoms with Crippen LogP contribution in [0.2, 0.25) is 5.02 Å². The van der Waals surface area contributed by atoms with Crippen molar-refractivity contribution in [3.63, 3.8) is 0 Å². The Morgan fingerprint density at radius 2 is 1.93 bits per heavy atom. The Balaban J connectivity index is 1.60. The predicted molar refractivity (Wildman–Crippen MR) is 117 cm³/mol. The Kier molecular flexibility index (Phi) is 5.61. The number of oxazole rings is 1. The molecule has 0 bridgehead atoms. The molecule has 1 amide bonds. The molecule has 3 aromatic rings. The molecule has 0 spiro atoms. The number of nitrogens with zero attached hydrogens (tertiary/aromatic N) is 1. The third-order valence-electron chi connectivity index (χ3n) is 4.26. The Morgan fingerprint density at radius 1 is 1.21 bits per heavy atom. The molecule has 10 heteroatoms. The number of halogens is 1. The van der Waals surface area contributed by atoms with Gasteiger partial charge < -0.3 is 15.1 Å². The van der Waals surface area contributed by atoms with Gasteiger partial charge in [-0.2, -0.15) is 4.99 Å². The van der Waals surface area contributed by atoms with Crippen molar-refractivity contribution in [1.29, 1.82) is 0 Å². The zero-order chi connectivity index (χ0) is 20.4. The van der Waals surface area contributed by atoms with Crippen LogP contribution in [-0.2, 0) is 4.79 Å². The molecule has 150 valence electrons. The van der Waals surface area contributed by atoms with Crippen LogP contribution in [0.3, 0.4) is 0 Å². The lowest BCUT2D eigenvalue weighted by atomic mass is 10.3. The second-order valence-electron chi connectivity index (χ2n) is 6.48. The highest BCUT2D eigenvalue weighted by atomic mass is 35.5. The third kappa shape index (κ3) is 4.81. The van der Waals surface area contributed by atoms with Gasteiger partial charge in [-0.3, -0.25) is 15.1 Å². The molecule has 29 heavy (non-hydrogen) atoms. The van der Waals surface area contributed by atoms with Crippen LogP contribution in [0.15, 0.2) is 56.7 Å². The van der Waals surface area contributed by atoms with E-state index in [0.29, 0.717) is 33.2 Å². The molecule has 1 aliphatic heterocycles. The van der Waals surface area contributed by atoms with E-state index in [1.165, 1.54) is 0 Å². The predicted octanol–water partition coefficient (Wildman–Crippen LogP) is 3.23. The maximum atomic E-state index is 12.6. The largest absolute Gasteiger partial charge is 0.417 e. The molecule has 8 nitrogen and oxygen atoms in total. The molecule has 4 N–H and O–H groups in total. The van der Waals surface area contributed by atoms with E-state index in [2.05, 4.69) is 25.9 Å². The van der Waals surface area contributed by atoms with E-state index in [0.717, 1.165) is 0 Å². The van der Waals surface area contributed by atoms with Gasteiger partial charge in [-0.1, -0.05) is 11.6 Å². The number of fused-ring (bicyclic) bond motifs is 1. The molecule has 0 saturated carbocycles. The van der Waals surface area contributed by atoms with Crippen molar-refractivity contribution in [2.45, 2.75) is 18.3 Å². The van der Waals surface area contributed by atoms with E-state index in [9.17, 15) is 9.59 Å². The zero-order valence-electron chi connectivity index (χ0n) is 15.4. The maximum absolute atomic E-state index is 12.6. The number of carbonyl (C=O) groups is 1. The molecule has 2 unspecified atom stereocenters. The number of rotatable bonds is 3. The maximum Gasteiger partial charge on any atom is 0.417 e. The standard InChI is InChI=1S/C19H18ClN5O3S/c1-10-21-15(9-29-10)17(26)25-18(22-12-4-2-11(20)3-5-12)23-13-6-7-14-16(8-13)28-19(27)24-14/h2-8,10,15,21H,9H2,1H3,(H,24,27)(H2,22,23,25,26). The van der Waals surface area contributed by atoms with Crippen molar-refractivity contribution in [2.75, 3.05) is 16.4 Å². The molecule has 4 rings (SSSR count). The lowest BCUT2D eigenvalue weighted by Crippen LogP contribution is -2.36. The van der Waals surface area contributed by atoms with E-state index < -0.39 is 5.76 Å². The smallest absolute Gasteiger partial charge is 0.408 e. The lowest BCUT2D eigenvalue weighted by Gasteiger charge is -2.14. The summed E-state index contributed by atoms with van der Waals surface area (Å²) in [5.41, 5.74) is 2.31. The number of thioether (sulfide) groups is 1. The van der Waals surface area contributed by atoms with Crippen molar-refractivity contribution in [3.8, 4) is 0 Å². The topological polar surface area (TPSA) is 112 Å². The highest BCUT2D eigenvalue weighted by Gasteiger charge is 2.27. The number of benzene rings is 2. The number of aromatic nitrogens is 1. The molecule has 0 aliphatic carbocycles. The average Bonchev–Trinajstić information content (AvgIpc) is 3.28. The van der Waals surface area contributed by atoms with E-state index in [1.807, 2.05) is 6.92 Å². The summed E-state index contributed by atoms with van der Waals surface area (Å²) in [6.07, 6.45) is 0. The van der Waals surface area contributed by atoms with Crippen molar-refractivity contribution >= 4 is 57.7 Å². The van der Waals surface area contributed by atoms with Gasteiger partial charge in [0.05, 0.1) is 16.9 Å². The Morgan fingerprint density at radius 3 is 2.66 bits per heavy atom. The summed E-state index contributed by atoms with van der Waals surface area (Å²) in [5.74, 6) is 0.110. The van der Waals surface area contributed by atoms with Crippen molar-refractivity contribution < 1.29 is 9.21 Å². The van der Waals surface area contributed by atoms with Gasteiger partial charge >= 0.3 is 5.76 Å². The van der Waals surface area contributed by atoms with Crippen LogP contribution in [0, 0.1) is 0 Å². The van der Waals surface area contributed by atoms with E-state index in [-0.39, 0.29) is 23.3 Å². The number of aliphatic imine (C=N–C) groups is 1. The number of H-pyrrole nitrogens is 1. The van der Waals surface area contributed by atoms with Gasteiger partial charge in [0.15, 0.2) is 5.58 Å². The van der Waals surface area contributed by atoms with Gasteiger partial charge in [0.1, 0.15) is 0 Å². The number of hydrogen-bond donors (Lipinski definition) is 4. The van der Waals surface area contributed by atoms with Gasteiger partial charge in [-0.05, 0) is 43.3 Å². The van der Waals surface area contributed by atoms with Crippen molar-refractivity contribution in [1.82, 2.24) is 10.3 Å². The van der Waals surface area contributed by atoms with Crippen LogP contribution in [-0.4, -0.2) is 34.0 Å². The first-order chi connectivity index (χ1) is 14.0. The van der Waals surface area contributed by atoms with Gasteiger partial charge in [-0.25, -0.2) is 4.79 Å². The molecular weight excluding hydrogens is 414 g/mol. The molecule has 0 radical (unpaired) electrons. The summed E-state index contributed by atoms with van der Waals surface area (Å²) in [6.45, 7) is 2.01. The first-order valence-corrected chi connectivity index (χ1v) is 10.3. The monoisotopic (exact) mass is 431 g/mol. The summed E-state index contributed by atoms with van der Waals surface area (Å²) >= 11 is 7.61. The SMILES string of the molecule is CC1NC(C(=O)/N=C(\Nc2ccc(Cl)cc2)Nc2ccc3[nH]c(=O)oc3c2)CS1. The quantitative estimate of drug-likeness (QED) is 0.372. The van der Waals surface area contributed by atoms with Crippen LogP contribution in [0.1, 0.15) is 6.92 Å². The number of carbonyl (C=O) groups excluding carboxylic acids is 1. The number of amides is 1. The van der Waals surface area contributed by atoms with Crippen LogP contribution < -0.4 is 21.7 Å². The Hall–Kier alpha value is -2.75. The highest BCUT2D eigenvalue weighted by molar-refractivity contribution is 8.00. The fourth-order valence-electron chi connectivity index (χ4n) is 2.87. The minimum atomic E-state index is -0.528. The third-order valence-corrected chi connectivity index (χ3v) is 5.67. The second kappa shape index (κ2) is 8.32. The summed E-state index contributed by atoms with van der Waals surface area (Å²) < 4.78 is 5.09. The fraction of sp³-hybridized carbons (Fsp3) is 0.211. The average molecular weight is 432 g/mol. The zero-order valence-corrected chi connectivity index (χ0v) is 16.9. The summed E-state index contributed by atoms with van der Waals surface area (Å²) in [5, 5.41) is 10.2. The van der Waals surface area contributed by atoms with Crippen molar-refractivity contribution in [2.24, 2.45) is 4.99 Å². The summed E-state index contributed by atoms with van der Waals surface area (Å²) in [7, 11) is 0. The molecule has 1 saturated heterocycles. The van der Waals surface area contributed by atoms with E-state index in [1.54, 1.807) is 54.2 Å². The normalized spacial score (nSPS) is 19.4.